The van der Waals surface area contributed by atoms with Crippen LogP contribution in [0.3, 0.4) is 0 Å². The first-order valence-electron chi connectivity index (χ1n) is 10.1. The van der Waals surface area contributed by atoms with Gasteiger partial charge in [0.1, 0.15) is 0 Å². The van der Waals surface area contributed by atoms with E-state index in [0.717, 1.165) is 6.42 Å². The maximum atomic E-state index is 12.7. The largest absolute Gasteiger partial charge is 0.339 e. The Morgan fingerprint density at radius 2 is 1.80 bits per heavy atom. The van der Waals surface area contributed by atoms with Crippen LogP contribution in [0.2, 0.25) is 5.02 Å². The standard InChI is InChI=1S/C22H23ClN4O3/c23-18-14-17(3-4-19(18)27-11-1-2-20(27)28)25-21(29)15-7-12-26(13-8-15)22(30)16-5-9-24-10-6-16/h3-6,9-10,14-15H,1-2,7-8,11-13H2,(H,25,29). The maximum absolute atomic E-state index is 12.7. The molecule has 0 saturated carbocycles. The molecule has 2 aromatic rings. The second-order valence-electron chi connectivity index (χ2n) is 7.61. The fourth-order valence-electron chi connectivity index (χ4n) is 3.97. The molecule has 1 aromatic carbocycles. The zero-order valence-electron chi connectivity index (χ0n) is 16.5. The summed E-state index contributed by atoms with van der Waals surface area (Å²) in [6.45, 7) is 1.74. The number of piperidine rings is 1. The van der Waals surface area contributed by atoms with Crippen LogP contribution in [0.25, 0.3) is 0 Å². The first-order chi connectivity index (χ1) is 14.5. The molecule has 156 valence electrons. The van der Waals surface area contributed by atoms with Gasteiger partial charge in [-0.25, -0.2) is 0 Å². The fraction of sp³-hybridized carbons (Fsp3) is 0.364. The second kappa shape index (κ2) is 8.83. The molecule has 2 aliphatic rings. The number of nitrogens with zero attached hydrogens (tertiary/aromatic N) is 3. The van der Waals surface area contributed by atoms with Gasteiger partial charge in [-0.3, -0.25) is 19.4 Å². The summed E-state index contributed by atoms with van der Waals surface area (Å²) >= 11 is 6.36. The molecule has 1 aromatic heterocycles. The van der Waals surface area contributed by atoms with Crippen LogP contribution in [0.1, 0.15) is 36.0 Å². The van der Waals surface area contributed by atoms with E-state index in [2.05, 4.69) is 10.3 Å². The van der Waals surface area contributed by atoms with Crippen molar-refractivity contribution < 1.29 is 14.4 Å². The van der Waals surface area contributed by atoms with Crippen molar-refractivity contribution in [2.45, 2.75) is 25.7 Å². The Labute approximate surface area is 180 Å². The summed E-state index contributed by atoms with van der Waals surface area (Å²) in [5.74, 6) is -0.200. The van der Waals surface area contributed by atoms with E-state index in [1.165, 1.54) is 0 Å². The number of halogens is 1. The number of likely N-dealkylation sites (tertiary alicyclic amines) is 1. The minimum atomic E-state index is -0.162. The number of hydrogen-bond donors (Lipinski definition) is 1. The summed E-state index contributed by atoms with van der Waals surface area (Å²) in [5, 5.41) is 3.36. The molecule has 1 N–H and O–H groups in total. The molecule has 0 unspecified atom stereocenters. The number of rotatable bonds is 4. The Morgan fingerprint density at radius 1 is 1.07 bits per heavy atom. The summed E-state index contributed by atoms with van der Waals surface area (Å²) in [7, 11) is 0. The highest BCUT2D eigenvalue weighted by Crippen LogP contribution is 2.32. The van der Waals surface area contributed by atoms with Crippen LogP contribution in [0, 0.1) is 5.92 Å². The van der Waals surface area contributed by atoms with Gasteiger partial charge >= 0.3 is 0 Å². The Morgan fingerprint density at radius 3 is 2.43 bits per heavy atom. The predicted molar refractivity (Wildman–Crippen MR) is 115 cm³/mol. The lowest BCUT2D eigenvalue weighted by Crippen LogP contribution is -2.41. The first-order valence-corrected chi connectivity index (χ1v) is 10.5. The molecule has 4 rings (SSSR count). The van der Waals surface area contributed by atoms with Gasteiger partial charge in [-0.1, -0.05) is 11.6 Å². The van der Waals surface area contributed by atoms with Crippen LogP contribution in [0.4, 0.5) is 11.4 Å². The van der Waals surface area contributed by atoms with Crippen molar-refractivity contribution in [1.82, 2.24) is 9.88 Å². The van der Waals surface area contributed by atoms with Crippen molar-refractivity contribution in [2.75, 3.05) is 29.9 Å². The molecule has 0 bridgehead atoms. The summed E-state index contributed by atoms with van der Waals surface area (Å²) in [6.07, 6.45) is 5.79. The number of carbonyl (C=O) groups is 3. The predicted octanol–water partition coefficient (Wildman–Crippen LogP) is 3.35. The normalized spacial score (nSPS) is 17.3. The van der Waals surface area contributed by atoms with Crippen LogP contribution in [0.15, 0.2) is 42.7 Å². The third-order valence-corrected chi connectivity index (χ3v) is 5.96. The molecule has 30 heavy (non-hydrogen) atoms. The number of pyridine rings is 1. The molecule has 8 heteroatoms. The first kappa shape index (κ1) is 20.3. The summed E-state index contributed by atoms with van der Waals surface area (Å²) in [4.78, 5) is 44.5. The molecular formula is C22H23ClN4O3. The molecule has 2 saturated heterocycles. The van der Waals surface area contributed by atoms with E-state index in [9.17, 15) is 14.4 Å². The summed E-state index contributed by atoms with van der Waals surface area (Å²) < 4.78 is 0. The lowest BCUT2D eigenvalue weighted by molar-refractivity contribution is -0.121. The van der Waals surface area contributed by atoms with E-state index in [1.807, 2.05) is 0 Å². The Kier molecular flexibility index (Phi) is 5.99. The summed E-state index contributed by atoms with van der Waals surface area (Å²) in [6, 6.07) is 8.63. The minimum Gasteiger partial charge on any atom is -0.339 e. The monoisotopic (exact) mass is 426 g/mol. The van der Waals surface area contributed by atoms with Gasteiger partial charge in [0, 0.05) is 55.6 Å². The summed E-state index contributed by atoms with van der Waals surface area (Å²) in [5.41, 5.74) is 1.90. The van der Waals surface area contributed by atoms with Crippen molar-refractivity contribution in [2.24, 2.45) is 5.92 Å². The number of amides is 3. The highest BCUT2D eigenvalue weighted by atomic mass is 35.5. The quantitative estimate of drug-likeness (QED) is 0.812. The average Bonchev–Trinajstić information content (AvgIpc) is 3.19. The zero-order chi connectivity index (χ0) is 21.1. The number of aromatic nitrogens is 1. The van der Waals surface area contributed by atoms with Crippen molar-refractivity contribution >= 4 is 40.7 Å². The number of hydrogen-bond acceptors (Lipinski definition) is 4. The van der Waals surface area contributed by atoms with E-state index in [1.54, 1.807) is 52.5 Å². The third-order valence-electron chi connectivity index (χ3n) is 5.66. The lowest BCUT2D eigenvalue weighted by atomic mass is 9.95. The van der Waals surface area contributed by atoms with Crippen LogP contribution in [-0.4, -0.2) is 47.2 Å². The molecule has 0 aliphatic carbocycles. The second-order valence-corrected chi connectivity index (χ2v) is 8.01. The SMILES string of the molecule is O=C(Nc1ccc(N2CCCC2=O)c(Cl)c1)C1CCN(C(=O)c2ccncc2)CC1. The highest BCUT2D eigenvalue weighted by molar-refractivity contribution is 6.34. The molecule has 3 amide bonds. The van der Waals surface area contributed by atoms with E-state index in [-0.39, 0.29) is 23.6 Å². The molecular weight excluding hydrogens is 404 g/mol. The fourth-order valence-corrected chi connectivity index (χ4v) is 4.26. The van der Waals surface area contributed by atoms with E-state index in [4.69, 9.17) is 11.6 Å². The number of anilines is 2. The van der Waals surface area contributed by atoms with Crippen molar-refractivity contribution in [1.29, 1.82) is 0 Å². The molecule has 7 nitrogen and oxygen atoms in total. The molecule has 0 spiro atoms. The lowest BCUT2D eigenvalue weighted by Gasteiger charge is -2.31. The zero-order valence-corrected chi connectivity index (χ0v) is 17.3. The van der Waals surface area contributed by atoms with Gasteiger partial charge < -0.3 is 15.1 Å². The van der Waals surface area contributed by atoms with Gasteiger partial charge in [0.15, 0.2) is 0 Å². The molecule has 2 aliphatic heterocycles. The molecule has 2 fully saturated rings. The van der Waals surface area contributed by atoms with E-state index >= 15 is 0 Å². The van der Waals surface area contributed by atoms with Crippen LogP contribution < -0.4 is 10.2 Å². The number of nitrogens with one attached hydrogen (secondary N) is 1. The minimum absolute atomic E-state index is 0.0323. The van der Waals surface area contributed by atoms with Gasteiger partial charge in [0.25, 0.3) is 5.91 Å². The maximum Gasteiger partial charge on any atom is 0.253 e. The average molecular weight is 427 g/mol. The Hall–Kier alpha value is -2.93. The van der Waals surface area contributed by atoms with Gasteiger partial charge in [-0.05, 0) is 49.6 Å². The van der Waals surface area contributed by atoms with Gasteiger partial charge in [-0.2, -0.15) is 0 Å². The van der Waals surface area contributed by atoms with Crippen molar-refractivity contribution in [3.8, 4) is 0 Å². The van der Waals surface area contributed by atoms with Crippen molar-refractivity contribution in [3.05, 3.63) is 53.3 Å². The highest BCUT2D eigenvalue weighted by Gasteiger charge is 2.28. The number of carbonyl (C=O) groups excluding carboxylic acids is 3. The van der Waals surface area contributed by atoms with Crippen LogP contribution in [0.5, 0.6) is 0 Å². The van der Waals surface area contributed by atoms with Crippen LogP contribution in [-0.2, 0) is 9.59 Å². The molecule has 0 atom stereocenters. The molecule has 3 heterocycles. The molecule has 0 radical (unpaired) electrons. The van der Waals surface area contributed by atoms with Gasteiger partial charge in [0.05, 0.1) is 10.7 Å². The van der Waals surface area contributed by atoms with E-state index < -0.39 is 0 Å². The third kappa shape index (κ3) is 4.31. The van der Waals surface area contributed by atoms with E-state index in [0.29, 0.717) is 60.9 Å². The Bertz CT molecular complexity index is 958. The van der Waals surface area contributed by atoms with Gasteiger partial charge in [-0.15, -0.1) is 0 Å². The van der Waals surface area contributed by atoms with Crippen LogP contribution >= 0.6 is 11.6 Å². The smallest absolute Gasteiger partial charge is 0.253 e. The number of benzene rings is 1. The van der Waals surface area contributed by atoms with Gasteiger partial charge in [0.2, 0.25) is 11.8 Å². The van der Waals surface area contributed by atoms with Crippen molar-refractivity contribution in [3.63, 3.8) is 0 Å². The Balaban J connectivity index is 1.33. The topological polar surface area (TPSA) is 82.6 Å².